The molecule has 3 rings (SSSR count). The molecule has 0 atom stereocenters. The van der Waals surface area contributed by atoms with Gasteiger partial charge in [-0.2, -0.15) is 0 Å². The summed E-state index contributed by atoms with van der Waals surface area (Å²) in [5.41, 5.74) is 7.70. The maximum Gasteiger partial charge on any atom is 0.258 e. The number of anilines is 1. The number of nitrogens with one attached hydrogen (secondary N) is 1. The molecule has 142 valence electrons. The molecule has 2 aromatic heterocycles. The molecule has 0 saturated heterocycles. The third kappa shape index (κ3) is 5.78. The van der Waals surface area contributed by atoms with E-state index < -0.39 is 0 Å². The van der Waals surface area contributed by atoms with Crippen molar-refractivity contribution in [1.82, 2.24) is 15.2 Å². The molecule has 3 N–H and O–H groups in total. The number of aromatic nitrogens is 1. The van der Waals surface area contributed by atoms with E-state index in [0.29, 0.717) is 17.4 Å². The number of thiazole rings is 1. The monoisotopic (exact) mass is 402 g/mol. The molecule has 0 saturated carbocycles. The average Bonchev–Trinajstić information content (AvgIpc) is 3.27. The highest BCUT2D eigenvalue weighted by molar-refractivity contribution is 7.16. The standard InChI is InChI=1S/C19H22N4O2S2/c1-23(2)10-13-4-3-5-14(8-13)25-11-18(24)21-9-15-6-7-17(27-15)16-12-26-19(20)22-16/h3-8,12H,9-11H2,1-2H3,(H2,20,22)(H,21,24). The van der Waals surface area contributed by atoms with Gasteiger partial charge in [-0.1, -0.05) is 12.1 Å². The van der Waals surface area contributed by atoms with E-state index in [-0.39, 0.29) is 12.5 Å². The topological polar surface area (TPSA) is 80.5 Å². The lowest BCUT2D eigenvalue weighted by molar-refractivity contribution is -0.123. The van der Waals surface area contributed by atoms with Gasteiger partial charge >= 0.3 is 0 Å². The fraction of sp³-hybridized carbons (Fsp3) is 0.263. The minimum Gasteiger partial charge on any atom is -0.484 e. The molecule has 0 radical (unpaired) electrons. The molecule has 0 spiro atoms. The first-order chi connectivity index (χ1) is 13.0. The fourth-order valence-electron chi connectivity index (χ4n) is 2.50. The Bertz CT molecular complexity index is 905. The quantitative estimate of drug-likeness (QED) is 0.605. The van der Waals surface area contributed by atoms with Crippen LogP contribution >= 0.6 is 22.7 Å². The first-order valence-electron chi connectivity index (χ1n) is 8.43. The summed E-state index contributed by atoms with van der Waals surface area (Å²) in [7, 11) is 4.03. The SMILES string of the molecule is CN(C)Cc1cccc(OCC(=O)NCc2ccc(-c3csc(N)n3)s2)c1. The van der Waals surface area contributed by atoms with Gasteiger partial charge in [-0.3, -0.25) is 4.79 Å². The van der Waals surface area contributed by atoms with E-state index in [1.807, 2.05) is 55.9 Å². The van der Waals surface area contributed by atoms with E-state index in [2.05, 4.69) is 15.2 Å². The lowest BCUT2D eigenvalue weighted by atomic mass is 10.2. The van der Waals surface area contributed by atoms with Crippen LogP contribution in [0, 0.1) is 0 Å². The van der Waals surface area contributed by atoms with Gasteiger partial charge < -0.3 is 20.7 Å². The number of carbonyl (C=O) groups excluding carboxylic acids is 1. The lowest BCUT2D eigenvalue weighted by Gasteiger charge is -2.11. The molecule has 0 bridgehead atoms. The molecular weight excluding hydrogens is 380 g/mol. The third-order valence-corrected chi connectivity index (χ3v) is 5.44. The number of thiophene rings is 1. The van der Waals surface area contributed by atoms with E-state index in [4.69, 9.17) is 10.5 Å². The maximum absolute atomic E-state index is 12.1. The Labute approximate surface area is 166 Å². The van der Waals surface area contributed by atoms with E-state index in [9.17, 15) is 4.79 Å². The predicted octanol–water partition coefficient (Wildman–Crippen LogP) is 3.21. The van der Waals surface area contributed by atoms with Crippen LogP contribution in [0.2, 0.25) is 0 Å². The molecule has 0 fully saturated rings. The Morgan fingerprint density at radius 1 is 1.30 bits per heavy atom. The van der Waals surface area contributed by atoms with Crippen LogP contribution in [0.4, 0.5) is 5.13 Å². The van der Waals surface area contributed by atoms with Crippen LogP contribution in [0.3, 0.4) is 0 Å². The van der Waals surface area contributed by atoms with Crippen LogP contribution in [0.15, 0.2) is 41.8 Å². The summed E-state index contributed by atoms with van der Waals surface area (Å²) in [6, 6.07) is 11.8. The summed E-state index contributed by atoms with van der Waals surface area (Å²) in [5.74, 6) is 0.546. The Kier molecular flexibility index (Phi) is 6.44. The number of nitrogen functional groups attached to an aromatic ring is 1. The van der Waals surface area contributed by atoms with E-state index in [0.717, 1.165) is 27.6 Å². The second-order valence-electron chi connectivity index (χ2n) is 6.29. The Hall–Kier alpha value is -2.42. The Balaban J connectivity index is 1.47. The Morgan fingerprint density at radius 2 is 2.15 bits per heavy atom. The molecule has 8 heteroatoms. The molecule has 1 aromatic carbocycles. The molecule has 6 nitrogen and oxygen atoms in total. The third-order valence-electron chi connectivity index (χ3n) is 3.66. The summed E-state index contributed by atoms with van der Waals surface area (Å²) < 4.78 is 5.61. The van der Waals surface area contributed by atoms with Gasteiger partial charge in [0, 0.05) is 16.8 Å². The Morgan fingerprint density at radius 3 is 2.89 bits per heavy atom. The fourth-order valence-corrected chi connectivity index (χ4v) is 4.04. The largest absolute Gasteiger partial charge is 0.484 e. The van der Waals surface area contributed by atoms with Gasteiger partial charge in [-0.15, -0.1) is 22.7 Å². The zero-order valence-electron chi connectivity index (χ0n) is 15.3. The molecule has 1 amide bonds. The van der Waals surface area contributed by atoms with Crippen molar-refractivity contribution in [3.63, 3.8) is 0 Å². The van der Waals surface area contributed by atoms with Crippen LogP contribution in [0.5, 0.6) is 5.75 Å². The van der Waals surface area contributed by atoms with Gasteiger partial charge in [0.1, 0.15) is 5.75 Å². The van der Waals surface area contributed by atoms with Crippen molar-refractivity contribution in [2.75, 3.05) is 26.4 Å². The van der Waals surface area contributed by atoms with Crippen molar-refractivity contribution in [2.45, 2.75) is 13.1 Å². The molecule has 0 unspecified atom stereocenters. The first kappa shape index (κ1) is 19.3. The van der Waals surface area contributed by atoms with Crippen molar-refractivity contribution < 1.29 is 9.53 Å². The van der Waals surface area contributed by atoms with Crippen LogP contribution in [0.1, 0.15) is 10.4 Å². The molecule has 27 heavy (non-hydrogen) atoms. The molecule has 0 aliphatic heterocycles. The number of rotatable bonds is 8. The highest BCUT2D eigenvalue weighted by atomic mass is 32.1. The van der Waals surface area contributed by atoms with Crippen molar-refractivity contribution in [1.29, 1.82) is 0 Å². The van der Waals surface area contributed by atoms with E-state index in [1.54, 1.807) is 11.3 Å². The highest BCUT2D eigenvalue weighted by Gasteiger charge is 2.08. The van der Waals surface area contributed by atoms with Crippen LogP contribution < -0.4 is 15.8 Å². The summed E-state index contributed by atoms with van der Waals surface area (Å²) >= 11 is 3.01. The number of carbonyl (C=O) groups is 1. The molecule has 0 aliphatic carbocycles. The summed E-state index contributed by atoms with van der Waals surface area (Å²) in [6.45, 7) is 1.29. The maximum atomic E-state index is 12.1. The first-order valence-corrected chi connectivity index (χ1v) is 10.1. The summed E-state index contributed by atoms with van der Waals surface area (Å²) in [5, 5.41) is 5.37. The number of amides is 1. The zero-order valence-corrected chi connectivity index (χ0v) is 16.9. The number of nitrogens with zero attached hydrogens (tertiary/aromatic N) is 2. The van der Waals surface area contributed by atoms with Crippen LogP contribution in [-0.4, -0.2) is 36.5 Å². The van der Waals surface area contributed by atoms with Crippen molar-refractivity contribution in [2.24, 2.45) is 0 Å². The van der Waals surface area contributed by atoms with Crippen molar-refractivity contribution in [3.05, 3.63) is 52.2 Å². The van der Waals surface area contributed by atoms with Gasteiger partial charge in [0.05, 0.1) is 17.1 Å². The van der Waals surface area contributed by atoms with Gasteiger partial charge in [0.25, 0.3) is 5.91 Å². The zero-order chi connectivity index (χ0) is 19.2. The highest BCUT2D eigenvalue weighted by Crippen LogP contribution is 2.29. The van der Waals surface area contributed by atoms with E-state index in [1.165, 1.54) is 11.3 Å². The molecular formula is C19H22N4O2S2. The van der Waals surface area contributed by atoms with E-state index >= 15 is 0 Å². The minimum absolute atomic E-state index is 0.00767. The van der Waals surface area contributed by atoms with Gasteiger partial charge in [0.2, 0.25) is 0 Å². The van der Waals surface area contributed by atoms with Gasteiger partial charge in [0.15, 0.2) is 11.7 Å². The summed E-state index contributed by atoms with van der Waals surface area (Å²) in [4.78, 5) is 20.5. The average molecular weight is 403 g/mol. The number of nitrogens with two attached hydrogens (primary N) is 1. The van der Waals surface area contributed by atoms with Gasteiger partial charge in [-0.05, 0) is 43.9 Å². The van der Waals surface area contributed by atoms with Gasteiger partial charge in [-0.25, -0.2) is 4.98 Å². The van der Waals surface area contributed by atoms with Crippen LogP contribution in [0.25, 0.3) is 10.6 Å². The van der Waals surface area contributed by atoms with Crippen LogP contribution in [-0.2, 0) is 17.9 Å². The second kappa shape index (κ2) is 8.98. The molecule has 0 aliphatic rings. The number of benzene rings is 1. The van der Waals surface area contributed by atoms with Crippen molar-refractivity contribution >= 4 is 33.7 Å². The summed E-state index contributed by atoms with van der Waals surface area (Å²) in [6.07, 6.45) is 0. The second-order valence-corrected chi connectivity index (χ2v) is 8.35. The predicted molar refractivity (Wildman–Crippen MR) is 111 cm³/mol. The normalized spacial score (nSPS) is 10.9. The molecule has 2 heterocycles. The lowest BCUT2D eigenvalue weighted by Crippen LogP contribution is -2.28. The number of ether oxygens (including phenoxy) is 1. The smallest absolute Gasteiger partial charge is 0.258 e. The minimum atomic E-state index is -0.152. The number of hydrogen-bond donors (Lipinski definition) is 2. The number of hydrogen-bond acceptors (Lipinski definition) is 7. The van der Waals surface area contributed by atoms with Crippen molar-refractivity contribution in [3.8, 4) is 16.3 Å². The molecule has 3 aromatic rings.